The monoisotopic (exact) mass is 374 g/mol. The van der Waals surface area contributed by atoms with Gasteiger partial charge in [0.1, 0.15) is 5.41 Å². The van der Waals surface area contributed by atoms with E-state index in [0.717, 1.165) is 0 Å². The maximum absolute atomic E-state index is 12.8. The minimum Gasteiger partial charge on any atom is -0.351 e. The zero-order chi connectivity index (χ0) is 18.3. The van der Waals surface area contributed by atoms with Gasteiger partial charge in [0.2, 0.25) is 11.8 Å². The van der Waals surface area contributed by atoms with Gasteiger partial charge in [0.15, 0.2) is 15.6 Å². The van der Waals surface area contributed by atoms with Gasteiger partial charge in [-0.05, 0) is 20.3 Å². The van der Waals surface area contributed by atoms with Crippen LogP contribution in [0.25, 0.3) is 0 Å². The van der Waals surface area contributed by atoms with Gasteiger partial charge in [-0.15, -0.1) is 0 Å². The molecule has 0 aromatic rings. The number of piperidine rings is 1. The molecule has 25 heavy (non-hydrogen) atoms. The molecule has 1 atom stereocenters. The molecule has 3 aliphatic heterocycles. The smallest absolute Gasteiger partial charge is 0.237 e. The van der Waals surface area contributed by atoms with Crippen LogP contribution in [0.1, 0.15) is 33.1 Å². The molecule has 142 valence electrons. The van der Waals surface area contributed by atoms with Crippen LogP contribution in [0.5, 0.6) is 0 Å². The fraction of sp³-hybridized carbons (Fsp3) is 0.875. The highest BCUT2D eigenvalue weighted by atomic mass is 32.2. The van der Waals surface area contributed by atoms with Gasteiger partial charge in [0.25, 0.3) is 0 Å². The van der Waals surface area contributed by atoms with E-state index in [1.807, 2.05) is 0 Å². The second-order valence-electron chi connectivity index (χ2n) is 7.60. The van der Waals surface area contributed by atoms with Crippen molar-refractivity contribution in [3.8, 4) is 0 Å². The predicted molar refractivity (Wildman–Crippen MR) is 89.4 cm³/mol. The van der Waals surface area contributed by atoms with Crippen molar-refractivity contribution < 1.29 is 27.5 Å². The Hall–Kier alpha value is -1.19. The van der Waals surface area contributed by atoms with Gasteiger partial charge in [0, 0.05) is 32.0 Å². The predicted octanol–water partition coefficient (Wildman–Crippen LogP) is -0.319. The standard InChI is InChI=1S/C16H26N2O6S/c1-15(2,13(19)17-12-3-10-25(21,22)11-12)14(20)18-6-4-16(5-7-18)23-8-9-24-16/h12H,3-11H2,1-2H3,(H,17,19). The van der Waals surface area contributed by atoms with Crippen molar-refractivity contribution in [3.63, 3.8) is 0 Å². The van der Waals surface area contributed by atoms with Gasteiger partial charge in [-0.2, -0.15) is 0 Å². The highest BCUT2D eigenvalue weighted by Crippen LogP contribution is 2.33. The Bertz CT molecular complexity index is 644. The summed E-state index contributed by atoms with van der Waals surface area (Å²) in [7, 11) is -3.08. The van der Waals surface area contributed by atoms with Crippen LogP contribution < -0.4 is 5.32 Å². The number of rotatable bonds is 3. The van der Waals surface area contributed by atoms with Crippen molar-refractivity contribution in [2.75, 3.05) is 37.8 Å². The van der Waals surface area contributed by atoms with Crippen LogP contribution in [0.15, 0.2) is 0 Å². The molecule has 3 heterocycles. The summed E-state index contributed by atoms with van der Waals surface area (Å²) in [5.41, 5.74) is -1.24. The lowest BCUT2D eigenvalue weighted by atomic mass is 9.88. The second-order valence-corrected chi connectivity index (χ2v) is 9.83. The fourth-order valence-electron chi connectivity index (χ4n) is 3.60. The molecule has 1 N–H and O–H groups in total. The van der Waals surface area contributed by atoms with Crippen molar-refractivity contribution in [2.24, 2.45) is 5.41 Å². The second kappa shape index (κ2) is 6.51. The third kappa shape index (κ3) is 3.83. The van der Waals surface area contributed by atoms with E-state index in [-0.39, 0.29) is 17.4 Å². The number of hydrogen-bond donors (Lipinski definition) is 1. The number of carbonyl (C=O) groups is 2. The summed E-state index contributed by atoms with van der Waals surface area (Å²) in [6, 6.07) is -0.408. The Morgan fingerprint density at radius 2 is 1.76 bits per heavy atom. The zero-order valence-electron chi connectivity index (χ0n) is 14.7. The third-order valence-corrected chi connectivity index (χ3v) is 7.06. The lowest BCUT2D eigenvalue weighted by molar-refractivity contribution is -0.189. The molecule has 3 aliphatic rings. The van der Waals surface area contributed by atoms with E-state index in [1.54, 1.807) is 18.7 Å². The first kappa shape index (κ1) is 18.6. The van der Waals surface area contributed by atoms with Crippen LogP contribution in [0, 0.1) is 5.41 Å². The van der Waals surface area contributed by atoms with Crippen LogP contribution in [0.3, 0.4) is 0 Å². The number of amides is 2. The van der Waals surface area contributed by atoms with Crippen molar-refractivity contribution in [2.45, 2.75) is 44.9 Å². The first-order valence-corrected chi connectivity index (χ1v) is 10.5. The molecule has 9 heteroatoms. The lowest BCUT2D eigenvalue weighted by Gasteiger charge is -2.40. The molecule has 0 aromatic heterocycles. The molecular weight excluding hydrogens is 348 g/mol. The molecule has 8 nitrogen and oxygen atoms in total. The van der Waals surface area contributed by atoms with E-state index in [0.29, 0.717) is 45.6 Å². The van der Waals surface area contributed by atoms with E-state index >= 15 is 0 Å². The van der Waals surface area contributed by atoms with Crippen molar-refractivity contribution >= 4 is 21.7 Å². The quantitative estimate of drug-likeness (QED) is 0.680. The summed E-state index contributed by atoms with van der Waals surface area (Å²) in [5, 5.41) is 2.73. The largest absolute Gasteiger partial charge is 0.351 e. The van der Waals surface area contributed by atoms with Crippen LogP contribution >= 0.6 is 0 Å². The number of hydrogen-bond acceptors (Lipinski definition) is 6. The van der Waals surface area contributed by atoms with Gasteiger partial charge in [-0.3, -0.25) is 9.59 Å². The van der Waals surface area contributed by atoms with E-state index in [1.165, 1.54) is 0 Å². The highest BCUT2D eigenvalue weighted by Gasteiger charge is 2.46. The molecular formula is C16H26N2O6S. The molecule has 0 bridgehead atoms. The minimum absolute atomic E-state index is 0.0517. The van der Waals surface area contributed by atoms with Crippen molar-refractivity contribution in [1.82, 2.24) is 10.2 Å². The van der Waals surface area contributed by atoms with E-state index in [4.69, 9.17) is 9.47 Å². The van der Waals surface area contributed by atoms with E-state index in [9.17, 15) is 18.0 Å². The van der Waals surface area contributed by atoms with Crippen LogP contribution in [-0.4, -0.2) is 74.8 Å². The summed E-state index contributed by atoms with van der Waals surface area (Å²) in [5.74, 6) is -1.21. The van der Waals surface area contributed by atoms with Gasteiger partial charge in [-0.25, -0.2) is 8.42 Å². The number of likely N-dealkylation sites (tertiary alicyclic amines) is 1. The Kier molecular flexibility index (Phi) is 4.85. The molecule has 3 saturated heterocycles. The topological polar surface area (TPSA) is 102 Å². The van der Waals surface area contributed by atoms with Crippen molar-refractivity contribution in [1.29, 1.82) is 0 Å². The number of nitrogens with one attached hydrogen (secondary N) is 1. The number of carbonyl (C=O) groups excluding carboxylic acids is 2. The molecule has 1 unspecified atom stereocenters. The molecule has 0 saturated carbocycles. The average Bonchev–Trinajstić information content (AvgIpc) is 3.14. The lowest BCUT2D eigenvalue weighted by Crippen LogP contribution is -2.55. The molecule has 1 spiro atoms. The normalized spacial score (nSPS) is 28.2. The van der Waals surface area contributed by atoms with Crippen LogP contribution in [0.2, 0.25) is 0 Å². The van der Waals surface area contributed by atoms with Gasteiger partial charge >= 0.3 is 0 Å². The Labute approximate surface area is 148 Å². The van der Waals surface area contributed by atoms with Gasteiger partial charge in [-0.1, -0.05) is 0 Å². The van der Waals surface area contributed by atoms with Gasteiger partial charge in [0.05, 0.1) is 24.7 Å². The molecule has 0 aliphatic carbocycles. The summed E-state index contributed by atoms with van der Waals surface area (Å²) < 4.78 is 34.4. The summed E-state index contributed by atoms with van der Waals surface area (Å²) in [6.45, 7) is 5.28. The SMILES string of the molecule is CC(C)(C(=O)NC1CCS(=O)(=O)C1)C(=O)N1CCC2(CC1)OCCO2. The zero-order valence-corrected chi connectivity index (χ0v) is 15.6. The van der Waals surface area contributed by atoms with E-state index < -0.39 is 33.0 Å². The maximum Gasteiger partial charge on any atom is 0.237 e. The summed E-state index contributed by atoms with van der Waals surface area (Å²) in [4.78, 5) is 27.1. The minimum atomic E-state index is -3.08. The number of nitrogens with zero attached hydrogens (tertiary/aromatic N) is 1. The Morgan fingerprint density at radius 1 is 1.16 bits per heavy atom. The van der Waals surface area contributed by atoms with E-state index in [2.05, 4.69) is 5.32 Å². The summed E-state index contributed by atoms with van der Waals surface area (Å²) in [6.07, 6.45) is 1.59. The first-order chi connectivity index (χ1) is 11.6. The van der Waals surface area contributed by atoms with Crippen LogP contribution in [0.4, 0.5) is 0 Å². The first-order valence-electron chi connectivity index (χ1n) is 8.72. The highest BCUT2D eigenvalue weighted by molar-refractivity contribution is 7.91. The Balaban J connectivity index is 1.57. The van der Waals surface area contributed by atoms with Gasteiger partial charge < -0.3 is 19.7 Å². The summed E-state index contributed by atoms with van der Waals surface area (Å²) >= 11 is 0. The molecule has 2 amide bonds. The fourth-order valence-corrected chi connectivity index (χ4v) is 5.28. The third-order valence-electron chi connectivity index (χ3n) is 5.30. The molecule has 3 fully saturated rings. The number of sulfone groups is 1. The Morgan fingerprint density at radius 3 is 2.28 bits per heavy atom. The number of ether oxygens (including phenoxy) is 2. The maximum atomic E-state index is 12.8. The average molecular weight is 374 g/mol. The molecule has 0 aromatic carbocycles. The van der Waals surface area contributed by atoms with Crippen LogP contribution in [-0.2, 0) is 28.9 Å². The van der Waals surface area contributed by atoms with Crippen molar-refractivity contribution in [3.05, 3.63) is 0 Å². The molecule has 3 rings (SSSR count). The molecule has 0 radical (unpaired) electrons.